The minimum Gasteiger partial charge on any atom is -0.330 e. The van der Waals surface area contributed by atoms with Crippen molar-refractivity contribution in [1.29, 1.82) is 0 Å². The van der Waals surface area contributed by atoms with Crippen LogP contribution >= 0.6 is 12.2 Å². The molecule has 2 aromatic rings. The van der Waals surface area contributed by atoms with Crippen molar-refractivity contribution < 1.29 is 4.39 Å². The molecule has 19 heavy (non-hydrogen) atoms. The summed E-state index contributed by atoms with van der Waals surface area (Å²) >= 11 is 5.39. The molecule has 5 heteroatoms. The fourth-order valence-electron chi connectivity index (χ4n) is 2.92. The summed E-state index contributed by atoms with van der Waals surface area (Å²) in [5, 5.41) is 0. The number of rotatable bonds is 3. The first kappa shape index (κ1) is 12.8. The van der Waals surface area contributed by atoms with Crippen LogP contribution in [0.25, 0.3) is 11.0 Å². The standard InChI is InChI=1S/C14H18FN3S/c1-17(2)14(6-3-7-14)9-18-12-5-4-10(15)8-11(12)16-13(18)19/h4-5,8H,3,6-7,9H2,1-2H3,(H,16,19). The average Bonchev–Trinajstić information content (AvgIpc) is 2.58. The van der Waals surface area contributed by atoms with Gasteiger partial charge in [0.15, 0.2) is 4.77 Å². The highest BCUT2D eigenvalue weighted by molar-refractivity contribution is 7.71. The van der Waals surface area contributed by atoms with Crippen molar-refractivity contribution in [1.82, 2.24) is 14.5 Å². The SMILES string of the molecule is CN(C)C1(Cn2c(=S)[nH]c3cc(F)ccc32)CCC1. The molecule has 1 aliphatic rings. The summed E-state index contributed by atoms with van der Waals surface area (Å²) in [6.45, 7) is 0.866. The third-order valence-electron chi connectivity index (χ3n) is 4.42. The fourth-order valence-corrected chi connectivity index (χ4v) is 3.19. The van der Waals surface area contributed by atoms with E-state index in [1.54, 1.807) is 6.07 Å². The summed E-state index contributed by atoms with van der Waals surface area (Å²) < 4.78 is 16.0. The lowest BCUT2D eigenvalue weighted by molar-refractivity contribution is 0.0431. The van der Waals surface area contributed by atoms with Gasteiger partial charge in [0.05, 0.1) is 11.0 Å². The number of imidazole rings is 1. The van der Waals surface area contributed by atoms with Gasteiger partial charge in [-0.3, -0.25) is 0 Å². The third kappa shape index (κ3) is 2.01. The summed E-state index contributed by atoms with van der Waals surface area (Å²) in [5.74, 6) is -0.234. The second-order valence-corrected chi connectivity index (χ2v) is 6.04. The van der Waals surface area contributed by atoms with E-state index in [1.165, 1.54) is 31.4 Å². The first-order valence-corrected chi connectivity index (χ1v) is 6.98. The number of hydrogen-bond donors (Lipinski definition) is 1. The molecule has 1 aromatic carbocycles. The van der Waals surface area contributed by atoms with Crippen molar-refractivity contribution in [2.75, 3.05) is 14.1 Å². The second-order valence-electron chi connectivity index (χ2n) is 5.65. The first-order valence-electron chi connectivity index (χ1n) is 6.57. The number of halogens is 1. The van der Waals surface area contributed by atoms with Crippen LogP contribution in [0.5, 0.6) is 0 Å². The summed E-state index contributed by atoms with van der Waals surface area (Å²) in [4.78, 5) is 5.39. The van der Waals surface area contributed by atoms with Crippen LogP contribution in [0.3, 0.4) is 0 Å². The Morgan fingerprint density at radius 1 is 1.42 bits per heavy atom. The van der Waals surface area contributed by atoms with Gasteiger partial charge < -0.3 is 14.5 Å². The molecule has 0 spiro atoms. The number of nitrogens with zero attached hydrogens (tertiary/aromatic N) is 2. The minimum absolute atomic E-state index is 0.196. The Morgan fingerprint density at radius 3 is 2.74 bits per heavy atom. The minimum atomic E-state index is -0.234. The predicted molar refractivity (Wildman–Crippen MR) is 77.3 cm³/mol. The van der Waals surface area contributed by atoms with E-state index in [0.717, 1.165) is 17.6 Å². The van der Waals surface area contributed by atoms with Gasteiger partial charge in [0.25, 0.3) is 0 Å². The number of H-pyrrole nitrogens is 1. The first-order chi connectivity index (χ1) is 9.02. The van der Waals surface area contributed by atoms with Crippen molar-refractivity contribution in [2.45, 2.75) is 31.3 Å². The molecule has 0 aliphatic heterocycles. The highest BCUT2D eigenvalue weighted by Gasteiger charge is 2.39. The molecular formula is C14H18FN3S. The van der Waals surface area contributed by atoms with Crippen molar-refractivity contribution in [3.8, 4) is 0 Å². The van der Waals surface area contributed by atoms with Gasteiger partial charge in [0, 0.05) is 12.1 Å². The Balaban J connectivity index is 2.06. The van der Waals surface area contributed by atoms with Crippen LogP contribution in [0.4, 0.5) is 4.39 Å². The van der Waals surface area contributed by atoms with Gasteiger partial charge in [-0.05, 0) is 63.8 Å². The van der Waals surface area contributed by atoms with E-state index in [2.05, 4.69) is 28.5 Å². The van der Waals surface area contributed by atoms with Crippen molar-refractivity contribution in [2.24, 2.45) is 0 Å². The highest BCUT2D eigenvalue weighted by atomic mass is 32.1. The van der Waals surface area contributed by atoms with E-state index in [1.807, 2.05) is 0 Å². The van der Waals surface area contributed by atoms with Gasteiger partial charge in [-0.25, -0.2) is 4.39 Å². The molecule has 1 fully saturated rings. The maximum Gasteiger partial charge on any atom is 0.178 e. The lowest BCUT2D eigenvalue weighted by atomic mass is 9.75. The number of aromatic amines is 1. The molecule has 1 N–H and O–H groups in total. The quantitative estimate of drug-likeness (QED) is 0.871. The van der Waals surface area contributed by atoms with Crippen molar-refractivity contribution >= 4 is 23.3 Å². The number of fused-ring (bicyclic) bond motifs is 1. The Kier molecular flexibility index (Phi) is 2.98. The van der Waals surface area contributed by atoms with Crippen LogP contribution in [-0.2, 0) is 6.54 Å². The Hall–Kier alpha value is -1.20. The zero-order valence-corrected chi connectivity index (χ0v) is 12.1. The van der Waals surface area contributed by atoms with Crippen molar-refractivity contribution in [3.05, 3.63) is 28.8 Å². The zero-order chi connectivity index (χ0) is 13.6. The summed E-state index contributed by atoms with van der Waals surface area (Å²) in [6, 6.07) is 4.80. The molecule has 0 unspecified atom stereocenters. The van der Waals surface area contributed by atoms with Crippen LogP contribution in [-0.4, -0.2) is 34.1 Å². The maximum atomic E-state index is 13.2. The predicted octanol–water partition coefficient (Wildman–Crippen LogP) is 3.32. The Bertz CT molecular complexity index is 667. The lowest BCUT2D eigenvalue weighted by Gasteiger charge is -2.47. The molecule has 3 rings (SSSR count). The highest BCUT2D eigenvalue weighted by Crippen LogP contribution is 2.38. The van der Waals surface area contributed by atoms with E-state index in [9.17, 15) is 4.39 Å². The molecule has 3 nitrogen and oxygen atoms in total. The van der Waals surface area contributed by atoms with Gasteiger partial charge >= 0.3 is 0 Å². The van der Waals surface area contributed by atoms with Gasteiger partial charge in [-0.2, -0.15) is 0 Å². The van der Waals surface area contributed by atoms with E-state index in [-0.39, 0.29) is 11.4 Å². The largest absolute Gasteiger partial charge is 0.330 e. The molecule has 0 saturated heterocycles. The molecule has 0 amide bonds. The van der Waals surface area contributed by atoms with Gasteiger partial charge in [-0.1, -0.05) is 0 Å². The smallest absolute Gasteiger partial charge is 0.178 e. The maximum absolute atomic E-state index is 13.2. The van der Waals surface area contributed by atoms with E-state index >= 15 is 0 Å². The van der Waals surface area contributed by atoms with Gasteiger partial charge in [0.2, 0.25) is 0 Å². The van der Waals surface area contributed by atoms with E-state index in [0.29, 0.717) is 4.77 Å². The number of hydrogen-bond acceptors (Lipinski definition) is 2. The third-order valence-corrected chi connectivity index (χ3v) is 4.74. The summed E-state index contributed by atoms with van der Waals surface area (Å²) in [5.41, 5.74) is 1.96. The summed E-state index contributed by atoms with van der Waals surface area (Å²) in [7, 11) is 4.24. The number of nitrogens with one attached hydrogen (secondary N) is 1. The molecule has 0 atom stereocenters. The topological polar surface area (TPSA) is 24.0 Å². The summed E-state index contributed by atoms with van der Waals surface area (Å²) in [6.07, 6.45) is 3.65. The molecule has 1 saturated carbocycles. The Labute approximate surface area is 117 Å². The molecule has 102 valence electrons. The van der Waals surface area contributed by atoms with E-state index in [4.69, 9.17) is 12.2 Å². The van der Waals surface area contributed by atoms with Gasteiger partial charge in [-0.15, -0.1) is 0 Å². The van der Waals surface area contributed by atoms with Crippen LogP contribution in [0, 0.1) is 10.6 Å². The molecular weight excluding hydrogens is 261 g/mol. The molecule has 0 radical (unpaired) electrons. The molecule has 0 bridgehead atoms. The van der Waals surface area contributed by atoms with E-state index < -0.39 is 0 Å². The molecule has 1 heterocycles. The molecule has 1 aliphatic carbocycles. The van der Waals surface area contributed by atoms with Crippen molar-refractivity contribution in [3.63, 3.8) is 0 Å². The monoisotopic (exact) mass is 279 g/mol. The number of benzene rings is 1. The normalized spacial score (nSPS) is 17.9. The zero-order valence-electron chi connectivity index (χ0n) is 11.2. The number of likely N-dealkylation sites (N-methyl/N-ethyl adjacent to an activating group) is 1. The van der Waals surface area contributed by atoms with Crippen LogP contribution < -0.4 is 0 Å². The fraction of sp³-hybridized carbons (Fsp3) is 0.500. The second kappa shape index (κ2) is 4.42. The average molecular weight is 279 g/mol. The lowest BCUT2D eigenvalue weighted by Crippen LogP contribution is -2.53. The van der Waals surface area contributed by atoms with Crippen LogP contribution in [0.15, 0.2) is 18.2 Å². The van der Waals surface area contributed by atoms with Crippen LogP contribution in [0.2, 0.25) is 0 Å². The van der Waals surface area contributed by atoms with Gasteiger partial charge in [0.1, 0.15) is 5.82 Å². The molecule has 1 aromatic heterocycles. The number of aromatic nitrogens is 2. The van der Waals surface area contributed by atoms with Crippen LogP contribution in [0.1, 0.15) is 19.3 Å². The Morgan fingerprint density at radius 2 is 2.16 bits per heavy atom.